The number of hydrogen-bond donors (Lipinski definition) is 0. The van der Waals surface area contributed by atoms with Crippen molar-refractivity contribution in [3.63, 3.8) is 0 Å². The number of rotatable bonds is 8. The first-order chi connectivity index (χ1) is 17.8. The lowest BCUT2D eigenvalue weighted by Gasteiger charge is -2.15. The molecule has 3 heterocycles. The van der Waals surface area contributed by atoms with E-state index in [1.807, 2.05) is 43.3 Å². The number of nitrogens with zero attached hydrogens (tertiary/aromatic N) is 3. The third-order valence-corrected chi connectivity index (χ3v) is 6.65. The molecule has 4 aromatic rings. The van der Waals surface area contributed by atoms with Gasteiger partial charge in [0.2, 0.25) is 5.90 Å². The van der Waals surface area contributed by atoms with Gasteiger partial charge in [0.1, 0.15) is 6.61 Å². The number of carbonyl (C=O) groups is 1. The fourth-order valence-corrected chi connectivity index (χ4v) is 4.93. The number of hydrogen-bond acceptors (Lipinski definition) is 4. The molecule has 0 aliphatic carbocycles. The molecule has 0 amide bonds. The fourth-order valence-electron chi connectivity index (χ4n) is 4.93. The highest BCUT2D eigenvalue weighted by atomic mass is 19.2. The summed E-state index contributed by atoms with van der Waals surface area (Å²) in [5.41, 5.74) is 4.84. The lowest BCUT2D eigenvalue weighted by molar-refractivity contribution is 0.0982. The van der Waals surface area contributed by atoms with Gasteiger partial charge in [0, 0.05) is 34.8 Å². The van der Waals surface area contributed by atoms with Crippen LogP contribution in [-0.2, 0) is 17.7 Å². The molecule has 0 radical (unpaired) electrons. The highest BCUT2D eigenvalue weighted by molar-refractivity contribution is 6.11. The predicted octanol–water partition coefficient (Wildman–Crippen LogP) is 6.47. The molecule has 0 fully saturated rings. The van der Waals surface area contributed by atoms with E-state index in [0.29, 0.717) is 36.6 Å². The summed E-state index contributed by atoms with van der Waals surface area (Å²) in [4.78, 5) is 22.8. The van der Waals surface area contributed by atoms with Crippen molar-refractivity contribution in [2.45, 2.75) is 52.1 Å². The van der Waals surface area contributed by atoms with Crippen LogP contribution < -0.4 is 0 Å². The maximum Gasteiger partial charge on any atom is 0.216 e. The third-order valence-electron chi connectivity index (χ3n) is 6.65. The summed E-state index contributed by atoms with van der Waals surface area (Å²) in [6.45, 7) is 7.21. The maximum absolute atomic E-state index is 13.7. The van der Waals surface area contributed by atoms with Gasteiger partial charge in [-0.05, 0) is 61.2 Å². The number of halogens is 2. The number of fused-ring (bicyclic) bond motifs is 1. The van der Waals surface area contributed by atoms with E-state index in [1.165, 1.54) is 6.07 Å². The SMILES string of the molecule is CC(C)c1c(C(=O)CCc2ccc(F)c(F)c2)c2ccc(C3=N[C@@H](C)CO3)cc2n1Cc1ccccn1. The van der Waals surface area contributed by atoms with E-state index < -0.39 is 11.6 Å². The quantitative estimate of drug-likeness (QED) is 0.260. The van der Waals surface area contributed by atoms with Crippen LogP contribution in [0.4, 0.5) is 8.78 Å². The zero-order chi connectivity index (χ0) is 26.1. The average Bonchev–Trinajstić information content (AvgIpc) is 3.46. The molecule has 190 valence electrons. The van der Waals surface area contributed by atoms with Crippen LogP contribution in [0.2, 0.25) is 0 Å². The predicted molar refractivity (Wildman–Crippen MR) is 140 cm³/mol. The summed E-state index contributed by atoms with van der Waals surface area (Å²) in [6, 6.07) is 15.6. The number of benzene rings is 2. The number of ketones is 1. The van der Waals surface area contributed by atoms with E-state index in [0.717, 1.165) is 40.0 Å². The molecule has 0 bridgehead atoms. The van der Waals surface area contributed by atoms with Crippen LogP contribution in [0.3, 0.4) is 0 Å². The number of pyridine rings is 1. The summed E-state index contributed by atoms with van der Waals surface area (Å²) < 4.78 is 35.0. The van der Waals surface area contributed by atoms with Crippen molar-refractivity contribution >= 4 is 22.6 Å². The Morgan fingerprint density at radius 2 is 1.95 bits per heavy atom. The van der Waals surface area contributed by atoms with Crippen LogP contribution in [0.1, 0.15) is 66.0 Å². The van der Waals surface area contributed by atoms with Crippen molar-refractivity contribution in [1.82, 2.24) is 9.55 Å². The van der Waals surface area contributed by atoms with Crippen molar-refractivity contribution < 1.29 is 18.3 Å². The Hall–Kier alpha value is -3.87. The lowest BCUT2D eigenvalue weighted by atomic mass is 9.96. The van der Waals surface area contributed by atoms with Crippen LogP contribution in [0.5, 0.6) is 0 Å². The summed E-state index contributed by atoms with van der Waals surface area (Å²) in [5.74, 6) is -1.16. The Morgan fingerprint density at radius 1 is 1.11 bits per heavy atom. The molecule has 0 saturated heterocycles. The first-order valence-corrected chi connectivity index (χ1v) is 12.6. The van der Waals surface area contributed by atoms with E-state index in [-0.39, 0.29) is 24.2 Å². The molecule has 7 heteroatoms. The van der Waals surface area contributed by atoms with E-state index >= 15 is 0 Å². The number of carbonyl (C=O) groups excluding carboxylic acids is 1. The molecule has 2 aromatic carbocycles. The molecule has 5 rings (SSSR count). The Kier molecular flexibility index (Phi) is 6.87. The van der Waals surface area contributed by atoms with E-state index in [1.54, 1.807) is 6.20 Å². The molecular formula is C30H29F2N3O2. The maximum atomic E-state index is 13.7. The number of aromatic nitrogens is 2. The van der Waals surface area contributed by atoms with E-state index in [4.69, 9.17) is 4.74 Å². The number of Topliss-reactive ketones (excluding diaryl/α,β-unsaturated/α-hetero) is 1. The smallest absolute Gasteiger partial charge is 0.216 e. The Bertz CT molecular complexity index is 1490. The standard InChI is InChI=1S/C30H29F2N3O2/c1-18(2)29-28(27(36)12-8-20-7-11-24(31)25(32)14-20)23-10-9-21(30-34-19(3)17-37-30)15-26(23)35(29)16-22-6-4-5-13-33-22/h4-7,9-11,13-15,18-19H,8,12,16-17H2,1-3H3/t19-/m0/s1. The van der Waals surface area contributed by atoms with Crippen LogP contribution in [0.25, 0.3) is 10.9 Å². The van der Waals surface area contributed by atoms with Gasteiger partial charge in [0.25, 0.3) is 0 Å². The largest absolute Gasteiger partial charge is 0.475 e. The van der Waals surface area contributed by atoms with Gasteiger partial charge in [0.05, 0.1) is 23.8 Å². The summed E-state index contributed by atoms with van der Waals surface area (Å²) in [6.07, 6.45) is 2.27. The summed E-state index contributed by atoms with van der Waals surface area (Å²) in [7, 11) is 0. The zero-order valence-corrected chi connectivity index (χ0v) is 21.2. The first-order valence-electron chi connectivity index (χ1n) is 12.6. The number of aliphatic imine (C=N–C) groups is 1. The first kappa shape index (κ1) is 24.8. The zero-order valence-electron chi connectivity index (χ0n) is 21.2. The van der Waals surface area contributed by atoms with Gasteiger partial charge in [-0.1, -0.05) is 32.0 Å². The second-order valence-electron chi connectivity index (χ2n) is 9.82. The van der Waals surface area contributed by atoms with Crippen molar-refractivity contribution in [2.24, 2.45) is 4.99 Å². The van der Waals surface area contributed by atoms with Crippen molar-refractivity contribution in [3.8, 4) is 0 Å². The number of ether oxygens (including phenoxy) is 1. The molecule has 0 spiro atoms. The lowest BCUT2D eigenvalue weighted by Crippen LogP contribution is -2.11. The molecule has 5 nitrogen and oxygen atoms in total. The molecule has 0 N–H and O–H groups in total. The normalized spacial score (nSPS) is 15.3. The van der Waals surface area contributed by atoms with Gasteiger partial charge in [0.15, 0.2) is 17.4 Å². The van der Waals surface area contributed by atoms with Gasteiger partial charge in [-0.3, -0.25) is 9.78 Å². The third kappa shape index (κ3) is 5.03. The van der Waals surface area contributed by atoms with Crippen LogP contribution >= 0.6 is 0 Å². The van der Waals surface area contributed by atoms with Gasteiger partial charge >= 0.3 is 0 Å². The summed E-state index contributed by atoms with van der Waals surface area (Å²) >= 11 is 0. The molecule has 0 unspecified atom stereocenters. The van der Waals surface area contributed by atoms with Crippen molar-refractivity contribution in [3.05, 3.63) is 101 Å². The summed E-state index contributed by atoms with van der Waals surface area (Å²) in [5, 5.41) is 0.852. The van der Waals surface area contributed by atoms with Crippen LogP contribution in [0.15, 0.2) is 65.8 Å². The van der Waals surface area contributed by atoms with E-state index in [9.17, 15) is 13.6 Å². The molecule has 0 saturated carbocycles. The minimum atomic E-state index is -0.904. The van der Waals surface area contributed by atoms with Crippen LogP contribution in [0, 0.1) is 11.6 Å². The average molecular weight is 502 g/mol. The highest BCUT2D eigenvalue weighted by Crippen LogP contribution is 2.34. The number of aryl methyl sites for hydroxylation is 1. The van der Waals surface area contributed by atoms with Gasteiger partial charge in [-0.15, -0.1) is 0 Å². The van der Waals surface area contributed by atoms with Gasteiger partial charge in [-0.2, -0.15) is 0 Å². The van der Waals surface area contributed by atoms with Gasteiger partial charge in [-0.25, -0.2) is 13.8 Å². The molecule has 2 aromatic heterocycles. The Morgan fingerprint density at radius 3 is 2.62 bits per heavy atom. The van der Waals surface area contributed by atoms with E-state index in [2.05, 4.69) is 28.4 Å². The van der Waals surface area contributed by atoms with Crippen LogP contribution in [-0.4, -0.2) is 33.9 Å². The van der Waals surface area contributed by atoms with Crippen molar-refractivity contribution in [1.29, 1.82) is 0 Å². The second kappa shape index (κ2) is 10.2. The minimum Gasteiger partial charge on any atom is -0.475 e. The minimum absolute atomic E-state index is 0.0333. The molecular weight excluding hydrogens is 472 g/mol. The molecule has 1 aliphatic heterocycles. The molecule has 37 heavy (non-hydrogen) atoms. The Labute approximate surface area is 214 Å². The van der Waals surface area contributed by atoms with Crippen molar-refractivity contribution in [2.75, 3.05) is 6.61 Å². The van der Waals surface area contributed by atoms with Gasteiger partial charge < -0.3 is 9.30 Å². The second-order valence-corrected chi connectivity index (χ2v) is 9.82. The highest BCUT2D eigenvalue weighted by Gasteiger charge is 2.26. The molecule has 1 aliphatic rings. The Balaban J connectivity index is 1.60. The monoisotopic (exact) mass is 501 g/mol. The fraction of sp³-hybridized carbons (Fsp3) is 0.300. The molecule has 1 atom stereocenters. The topological polar surface area (TPSA) is 56.5 Å².